The molecular weight excluding hydrogens is 324 g/mol. The molecule has 0 saturated carbocycles. The summed E-state index contributed by atoms with van der Waals surface area (Å²) in [6.45, 7) is 4.11. The molecule has 7 heteroatoms. The summed E-state index contributed by atoms with van der Waals surface area (Å²) in [6.07, 6.45) is 5.33. The first-order valence-corrected chi connectivity index (χ1v) is 9.61. The Morgan fingerprint density at radius 1 is 1.12 bits per heavy atom. The van der Waals surface area contributed by atoms with E-state index in [1.807, 2.05) is 19.1 Å². The van der Waals surface area contributed by atoms with Gasteiger partial charge in [0.15, 0.2) is 0 Å². The number of sulfonamides is 1. The van der Waals surface area contributed by atoms with Gasteiger partial charge in [0.1, 0.15) is 0 Å². The summed E-state index contributed by atoms with van der Waals surface area (Å²) in [5, 5.41) is 0. The van der Waals surface area contributed by atoms with E-state index >= 15 is 0 Å². The van der Waals surface area contributed by atoms with Crippen molar-refractivity contribution in [1.29, 1.82) is 0 Å². The molecule has 24 heavy (non-hydrogen) atoms. The summed E-state index contributed by atoms with van der Waals surface area (Å²) in [5.74, 6) is 1.08. The van der Waals surface area contributed by atoms with Gasteiger partial charge in [-0.2, -0.15) is 0 Å². The third-order valence-corrected chi connectivity index (χ3v) is 5.78. The van der Waals surface area contributed by atoms with Crippen molar-refractivity contribution in [3.63, 3.8) is 0 Å². The summed E-state index contributed by atoms with van der Waals surface area (Å²) in [4.78, 5) is 11.0. The van der Waals surface area contributed by atoms with E-state index in [1.165, 1.54) is 0 Å². The second-order valence-corrected chi connectivity index (χ2v) is 7.91. The highest BCUT2D eigenvalue weighted by Crippen LogP contribution is 2.20. The molecular formula is C17H22N4O2S. The molecule has 1 fully saturated rings. The lowest BCUT2D eigenvalue weighted by atomic mass is 9.97. The van der Waals surface area contributed by atoms with Gasteiger partial charge in [0, 0.05) is 32.0 Å². The van der Waals surface area contributed by atoms with Crippen LogP contribution in [0, 0.1) is 12.8 Å². The number of anilines is 1. The molecule has 2 heterocycles. The van der Waals surface area contributed by atoms with E-state index in [2.05, 4.69) is 19.6 Å². The molecule has 1 aliphatic rings. The van der Waals surface area contributed by atoms with Crippen LogP contribution in [0.25, 0.3) is 0 Å². The monoisotopic (exact) mass is 346 g/mol. The van der Waals surface area contributed by atoms with Gasteiger partial charge in [-0.05, 0) is 43.9 Å². The van der Waals surface area contributed by atoms with Crippen molar-refractivity contribution in [3.05, 3.63) is 48.3 Å². The van der Waals surface area contributed by atoms with Gasteiger partial charge < -0.3 is 4.90 Å². The molecule has 0 spiro atoms. The maximum absolute atomic E-state index is 12.3. The highest BCUT2D eigenvalue weighted by Gasteiger charge is 2.23. The second-order valence-electron chi connectivity index (χ2n) is 6.14. The van der Waals surface area contributed by atoms with E-state index in [0.717, 1.165) is 37.4 Å². The summed E-state index contributed by atoms with van der Waals surface area (Å²) in [6, 6.07) is 8.72. The van der Waals surface area contributed by atoms with Crippen LogP contribution in [-0.4, -0.2) is 38.0 Å². The Kier molecular flexibility index (Phi) is 5.11. The Morgan fingerprint density at radius 3 is 2.38 bits per heavy atom. The van der Waals surface area contributed by atoms with Crippen molar-refractivity contribution < 1.29 is 8.42 Å². The van der Waals surface area contributed by atoms with Gasteiger partial charge >= 0.3 is 0 Å². The van der Waals surface area contributed by atoms with Crippen LogP contribution in [0.2, 0.25) is 0 Å². The van der Waals surface area contributed by atoms with Crippen molar-refractivity contribution in [2.24, 2.45) is 5.92 Å². The molecule has 1 aliphatic heterocycles. The Balaban J connectivity index is 1.52. The topological polar surface area (TPSA) is 75.2 Å². The number of nitrogens with one attached hydrogen (secondary N) is 1. The molecule has 1 N–H and O–H groups in total. The number of aromatic nitrogens is 2. The smallest absolute Gasteiger partial charge is 0.240 e. The molecule has 1 aromatic carbocycles. The Labute approximate surface area is 143 Å². The number of nitrogens with zero attached hydrogens (tertiary/aromatic N) is 3. The zero-order chi connectivity index (χ0) is 17.0. The lowest BCUT2D eigenvalue weighted by Gasteiger charge is -2.31. The molecule has 0 atom stereocenters. The van der Waals surface area contributed by atoms with Crippen molar-refractivity contribution in [2.75, 3.05) is 24.5 Å². The maximum atomic E-state index is 12.3. The van der Waals surface area contributed by atoms with Crippen LogP contribution in [0.4, 0.5) is 5.95 Å². The number of rotatable bonds is 5. The third-order valence-electron chi connectivity index (χ3n) is 4.34. The summed E-state index contributed by atoms with van der Waals surface area (Å²) in [7, 11) is -3.43. The van der Waals surface area contributed by atoms with E-state index in [4.69, 9.17) is 0 Å². The van der Waals surface area contributed by atoms with Crippen molar-refractivity contribution >= 4 is 16.0 Å². The van der Waals surface area contributed by atoms with Gasteiger partial charge in [-0.3, -0.25) is 0 Å². The van der Waals surface area contributed by atoms with Crippen LogP contribution < -0.4 is 9.62 Å². The molecule has 2 aromatic rings. The summed E-state index contributed by atoms with van der Waals surface area (Å²) in [5.41, 5.74) is 1.05. The standard InChI is InChI=1S/C17H22N4O2S/c1-14-3-5-16(6-4-14)24(22,23)20-13-15-7-11-21(12-8-15)17-18-9-2-10-19-17/h2-6,9-10,15,20H,7-8,11-13H2,1H3. The fraction of sp³-hybridized carbons (Fsp3) is 0.412. The van der Waals surface area contributed by atoms with E-state index in [-0.39, 0.29) is 0 Å². The number of piperidine rings is 1. The van der Waals surface area contributed by atoms with E-state index in [0.29, 0.717) is 17.4 Å². The molecule has 1 aromatic heterocycles. The van der Waals surface area contributed by atoms with Gasteiger partial charge in [0.25, 0.3) is 0 Å². The molecule has 6 nitrogen and oxygen atoms in total. The van der Waals surface area contributed by atoms with Gasteiger partial charge in [0.2, 0.25) is 16.0 Å². The first-order valence-electron chi connectivity index (χ1n) is 8.13. The largest absolute Gasteiger partial charge is 0.341 e. The van der Waals surface area contributed by atoms with Gasteiger partial charge in [-0.15, -0.1) is 0 Å². The minimum Gasteiger partial charge on any atom is -0.341 e. The van der Waals surface area contributed by atoms with Crippen LogP contribution in [0.3, 0.4) is 0 Å². The van der Waals surface area contributed by atoms with Crippen molar-refractivity contribution in [2.45, 2.75) is 24.7 Å². The minimum absolute atomic E-state index is 0.322. The SMILES string of the molecule is Cc1ccc(S(=O)(=O)NCC2CCN(c3ncccn3)CC2)cc1. The third kappa shape index (κ3) is 4.10. The molecule has 1 saturated heterocycles. The summed E-state index contributed by atoms with van der Waals surface area (Å²) < 4.78 is 27.4. The first-order chi connectivity index (χ1) is 11.5. The number of hydrogen-bond acceptors (Lipinski definition) is 5. The van der Waals surface area contributed by atoms with E-state index in [9.17, 15) is 8.42 Å². The molecule has 128 valence electrons. The van der Waals surface area contributed by atoms with Crippen LogP contribution >= 0.6 is 0 Å². The highest BCUT2D eigenvalue weighted by molar-refractivity contribution is 7.89. The zero-order valence-electron chi connectivity index (χ0n) is 13.7. The molecule has 0 bridgehead atoms. The van der Waals surface area contributed by atoms with E-state index < -0.39 is 10.0 Å². The Morgan fingerprint density at radius 2 is 1.75 bits per heavy atom. The lowest BCUT2D eigenvalue weighted by Crippen LogP contribution is -2.39. The van der Waals surface area contributed by atoms with Crippen LogP contribution in [0.15, 0.2) is 47.6 Å². The van der Waals surface area contributed by atoms with Crippen molar-refractivity contribution in [3.8, 4) is 0 Å². The summed E-state index contributed by atoms with van der Waals surface area (Å²) >= 11 is 0. The quantitative estimate of drug-likeness (QED) is 0.896. The normalized spacial score (nSPS) is 16.3. The molecule has 3 rings (SSSR count). The number of hydrogen-bond donors (Lipinski definition) is 1. The van der Waals surface area contributed by atoms with Gasteiger partial charge in [-0.25, -0.2) is 23.1 Å². The zero-order valence-corrected chi connectivity index (χ0v) is 14.5. The maximum Gasteiger partial charge on any atom is 0.240 e. The number of aryl methyl sites for hydroxylation is 1. The average molecular weight is 346 g/mol. The fourth-order valence-corrected chi connectivity index (χ4v) is 3.94. The van der Waals surface area contributed by atoms with Crippen LogP contribution in [-0.2, 0) is 10.0 Å². The molecule has 0 radical (unpaired) electrons. The number of benzene rings is 1. The minimum atomic E-state index is -3.43. The van der Waals surface area contributed by atoms with Crippen molar-refractivity contribution in [1.82, 2.24) is 14.7 Å². The predicted molar refractivity (Wildman–Crippen MR) is 93.3 cm³/mol. The lowest BCUT2D eigenvalue weighted by molar-refractivity contribution is 0.399. The van der Waals surface area contributed by atoms with Gasteiger partial charge in [0.05, 0.1) is 4.90 Å². The van der Waals surface area contributed by atoms with E-state index in [1.54, 1.807) is 30.6 Å². The second kappa shape index (κ2) is 7.27. The molecule has 0 unspecified atom stereocenters. The highest BCUT2D eigenvalue weighted by atomic mass is 32.2. The Bertz CT molecular complexity index is 755. The predicted octanol–water partition coefficient (Wildman–Crippen LogP) is 1.98. The van der Waals surface area contributed by atoms with Crippen LogP contribution in [0.1, 0.15) is 18.4 Å². The fourth-order valence-electron chi connectivity index (χ4n) is 2.82. The molecule has 0 aliphatic carbocycles. The average Bonchev–Trinajstić information content (AvgIpc) is 2.62. The van der Waals surface area contributed by atoms with Crippen LogP contribution in [0.5, 0.6) is 0 Å². The van der Waals surface area contributed by atoms with Gasteiger partial charge in [-0.1, -0.05) is 17.7 Å². The Hall–Kier alpha value is -1.99. The molecule has 0 amide bonds. The first kappa shape index (κ1) is 16.9.